The highest BCUT2D eigenvalue weighted by Gasteiger charge is 2.29. The standard InChI is InChI=1S/C11H23N3O2S.ClH/c12-17(15,16)9-11-2-1-7-14(11)8-10-3-5-13-6-4-10;/h10-11,13H,1-9H2,(H2,12,15,16);1H. The van der Waals surface area contributed by atoms with Gasteiger partial charge in [0.1, 0.15) is 0 Å². The van der Waals surface area contributed by atoms with Crippen molar-refractivity contribution < 1.29 is 8.42 Å². The van der Waals surface area contributed by atoms with Crippen LogP contribution in [0.1, 0.15) is 25.7 Å². The van der Waals surface area contributed by atoms with Crippen LogP contribution in [0.25, 0.3) is 0 Å². The van der Waals surface area contributed by atoms with Crippen molar-refractivity contribution in [1.29, 1.82) is 0 Å². The van der Waals surface area contributed by atoms with Crippen molar-refractivity contribution in [2.45, 2.75) is 31.7 Å². The van der Waals surface area contributed by atoms with Crippen molar-refractivity contribution in [3.63, 3.8) is 0 Å². The lowest BCUT2D eigenvalue weighted by atomic mass is 9.97. The molecule has 2 aliphatic heterocycles. The van der Waals surface area contributed by atoms with Gasteiger partial charge in [-0.3, -0.25) is 4.90 Å². The molecule has 5 nitrogen and oxygen atoms in total. The first-order valence-corrected chi connectivity index (χ1v) is 8.21. The molecule has 0 spiro atoms. The molecule has 18 heavy (non-hydrogen) atoms. The van der Waals surface area contributed by atoms with E-state index in [1.165, 1.54) is 12.8 Å². The van der Waals surface area contributed by atoms with Crippen molar-refractivity contribution in [2.24, 2.45) is 11.1 Å². The number of primary sulfonamides is 1. The Kier molecular flexibility index (Phi) is 6.34. The van der Waals surface area contributed by atoms with Crippen LogP contribution in [-0.2, 0) is 10.0 Å². The van der Waals surface area contributed by atoms with Gasteiger partial charge < -0.3 is 5.32 Å². The topological polar surface area (TPSA) is 75.4 Å². The predicted octanol–water partition coefficient (Wildman–Crippen LogP) is 0.161. The van der Waals surface area contributed by atoms with Gasteiger partial charge in [-0.1, -0.05) is 0 Å². The highest BCUT2D eigenvalue weighted by molar-refractivity contribution is 7.89. The minimum atomic E-state index is -3.34. The number of piperidine rings is 1. The molecule has 7 heteroatoms. The number of nitrogens with one attached hydrogen (secondary N) is 1. The fourth-order valence-corrected chi connectivity index (χ4v) is 3.90. The average Bonchev–Trinajstić information content (AvgIpc) is 2.65. The van der Waals surface area contributed by atoms with E-state index >= 15 is 0 Å². The number of nitrogens with two attached hydrogens (primary N) is 1. The zero-order valence-corrected chi connectivity index (χ0v) is 12.3. The molecule has 2 heterocycles. The van der Waals surface area contributed by atoms with Crippen LogP contribution in [0.4, 0.5) is 0 Å². The van der Waals surface area contributed by atoms with Gasteiger partial charge in [0.25, 0.3) is 0 Å². The van der Waals surface area contributed by atoms with E-state index in [4.69, 9.17) is 5.14 Å². The molecule has 2 rings (SSSR count). The second-order valence-corrected chi connectivity index (χ2v) is 6.97. The minimum absolute atomic E-state index is 0. The first-order valence-electron chi connectivity index (χ1n) is 6.50. The van der Waals surface area contributed by atoms with Crippen LogP contribution in [-0.4, -0.2) is 51.3 Å². The van der Waals surface area contributed by atoms with E-state index in [1.807, 2.05) is 0 Å². The summed E-state index contributed by atoms with van der Waals surface area (Å²) in [6, 6.07) is 0.153. The van der Waals surface area contributed by atoms with E-state index in [-0.39, 0.29) is 24.2 Å². The molecule has 108 valence electrons. The molecule has 0 aliphatic carbocycles. The molecule has 0 aromatic heterocycles. The fourth-order valence-electron chi connectivity index (χ4n) is 2.99. The number of hydrogen-bond donors (Lipinski definition) is 2. The molecule has 0 amide bonds. The Bertz CT molecular complexity index is 344. The molecular weight excluding hydrogens is 274 g/mol. The Morgan fingerprint density at radius 3 is 2.50 bits per heavy atom. The molecule has 2 aliphatic rings. The Morgan fingerprint density at radius 1 is 1.22 bits per heavy atom. The van der Waals surface area contributed by atoms with Gasteiger partial charge >= 0.3 is 0 Å². The monoisotopic (exact) mass is 297 g/mol. The molecule has 0 aromatic rings. The minimum Gasteiger partial charge on any atom is -0.317 e. The first-order chi connectivity index (χ1) is 8.04. The van der Waals surface area contributed by atoms with Gasteiger partial charge in [-0.15, -0.1) is 12.4 Å². The summed E-state index contributed by atoms with van der Waals surface area (Å²) in [6.07, 6.45) is 4.49. The average molecular weight is 298 g/mol. The molecule has 3 N–H and O–H groups in total. The number of likely N-dealkylation sites (tertiary alicyclic amines) is 1. The van der Waals surface area contributed by atoms with E-state index in [2.05, 4.69) is 10.2 Å². The number of hydrogen-bond acceptors (Lipinski definition) is 4. The Hall–Kier alpha value is 0.120. The smallest absolute Gasteiger partial charge is 0.210 e. The lowest BCUT2D eigenvalue weighted by molar-refractivity contribution is 0.202. The zero-order valence-electron chi connectivity index (χ0n) is 10.7. The molecule has 2 fully saturated rings. The third-order valence-corrected chi connectivity index (χ3v) is 4.72. The van der Waals surface area contributed by atoms with Crippen molar-refractivity contribution in [2.75, 3.05) is 31.9 Å². The van der Waals surface area contributed by atoms with Crippen molar-refractivity contribution in [1.82, 2.24) is 10.2 Å². The number of halogens is 1. The van der Waals surface area contributed by atoms with Crippen LogP contribution < -0.4 is 10.5 Å². The third-order valence-electron chi connectivity index (χ3n) is 3.88. The largest absolute Gasteiger partial charge is 0.317 e. The van der Waals surface area contributed by atoms with Crippen molar-refractivity contribution >= 4 is 22.4 Å². The highest BCUT2D eigenvalue weighted by Crippen LogP contribution is 2.22. The van der Waals surface area contributed by atoms with Crippen molar-refractivity contribution in [3.8, 4) is 0 Å². The van der Waals surface area contributed by atoms with E-state index < -0.39 is 10.0 Å². The van der Waals surface area contributed by atoms with Crippen LogP contribution in [0.2, 0.25) is 0 Å². The highest BCUT2D eigenvalue weighted by atomic mass is 35.5. The molecule has 0 aromatic carbocycles. The second-order valence-electron chi connectivity index (χ2n) is 5.31. The molecule has 1 unspecified atom stereocenters. The molecular formula is C11H24ClN3O2S. The maximum atomic E-state index is 11.2. The van der Waals surface area contributed by atoms with Gasteiger partial charge in [-0.05, 0) is 51.2 Å². The Morgan fingerprint density at radius 2 is 1.89 bits per heavy atom. The van der Waals surface area contributed by atoms with Crippen LogP contribution >= 0.6 is 12.4 Å². The van der Waals surface area contributed by atoms with Gasteiger partial charge in [0.15, 0.2) is 0 Å². The number of sulfonamides is 1. The van der Waals surface area contributed by atoms with Crippen LogP contribution in [0.5, 0.6) is 0 Å². The van der Waals surface area contributed by atoms with E-state index in [1.54, 1.807) is 0 Å². The van der Waals surface area contributed by atoms with Gasteiger partial charge in [0.05, 0.1) is 5.75 Å². The van der Waals surface area contributed by atoms with Crippen molar-refractivity contribution in [3.05, 3.63) is 0 Å². The summed E-state index contributed by atoms with van der Waals surface area (Å²) >= 11 is 0. The lowest BCUT2D eigenvalue weighted by Crippen LogP contribution is -2.42. The predicted molar refractivity (Wildman–Crippen MR) is 75.4 cm³/mol. The Labute approximate surface area is 116 Å². The van der Waals surface area contributed by atoms with E-state index in [0.29, 0.717) is 0 Å². The summed E-state index contributed by atoms with van der Waals surface area (Å²) in [4.78, 5) is 2.33. The van der Waals surface area contributed by atoms with Crippen LogP contribution in [0.3, 0.4) is 0 Å². The maximum Gasteiger partial charge on any atom is 0.210 e. The van der Waals surface area contributed by atoms with E-state index in [0.717, 1.165) is 44.9 Å². The molecule has 0 bridgehead atoms. The summed E-state index contributed by atoms with van der Waals surface area (Å²) in [6.45, 7) is 4.27. The summed E-state index contributed by atoms with van der Waals surface area (Å²) in [7, 11) is -3.34. The summed E-state index contributed by atoms with van der Waals surface area (Å²) in [5.41, 5.74) is 0. The SMILES string of the molecule is Cl.NS(=O)(=O)CC1CCCN1CC1CCNCC1. The molecule has 2 saturated heterocycles. The molecule has 0 saturated carbocycles. The summed E-state index contributed by atoms with van der Waals surface area (Å²) < 4.78 is 22.3. The van der Waals surface area contributed by atoms with Gasteiger partial charge in [0.2, 0.25) is 10.0 Å². The number of rotatable bonds is 4. The molecule has 1 atom stereocenters. The lowest BCUT2D eigenvalue weighted by Gasteiger charge is -2.30. The number of nitrogens with zero attached hydrogens (tertiary/aromatic N) is 1. The molecule has 0 radical (unpaired) electrons. The normalized spacial score (nSPS) is 27.1. The van der Waals surface area contributed by atoms with Gasteiger partial charge in [-0.2, -0.15) is 0 Å². The first kappa shape index (κ1) is 16.2. The van der Waals surface area contributed by atoms with Gasteiger partial charge in [0, 0.05) is 12.6 Å². The van der Waals surface area contributed by atoms with Crippen LogP contribution in [0.15, 0.2) is 0 Å². The fraction of sp³-hybridized carbons (Fsp3) is 1.00. The van der Waals surface area contributed by atoms with Gasteiger partial charge in [-0.25, -0.2) is 13.6 Å². The summed E-state index contributed by atoms with van der Waals surface area (Å²) in [5.74, 6) is 0.843. The quantitative estimate of drug-likeness (QED) is 0.775. The zero-order chi connectivity index (χ0) is 12.3. The maximum absolute atomic E-state index is 11.2. The Balaban J connectivity index is 0.00000162. The summed E-state index contributed by atoms with van der Waals surface area (Å²) in [5, 5.41) is 8.50. The van der Waals surface area contributed by atoms with Crippen LogP contribution in [0, 0.1) is 5.92 Å². The third kappa shape index (κ3) is 5.01. The van der Waals surface area contributed by atoms with E-state index in [9.17, 15) is 8.42 Å². The second kappa shape index (κ2) is 7.05.